The zero-order chi connectivity index (χ0) is 9.38. The first kappa shape index (κ1) is 9.21. The first-order valence-electron chi connectivity index (χ1n) is 6.68. The Balaban J connectivity index is 1.61. The summed E-state index contributed by atoms with van der Waals surface area (Å²) in [4.78, 5) is 0. The third-order valence-corrected chi connectivity index (χ3v) is 4.83. The van der Waals surface area contributed by atoms with Gasteiger partial charge >= 0.3 is 0 Å². The zero-order valence-electron chi connectivity index (χ0n) is 9.17. The number of nitrogens with one attached hydrogen (secondary N) is 1. The topological polar surface area (TPSA) is 12.0 Å². The smallest absolute Gasteiger partial charge is 0.00729 e. The highest BCUT2D eigenvalue weighted by molar-refractivity contribution is 4.94. The molecule has 1 heteroatoms. The fraction of sp³-hybridized carbons (Fsp3) is 1.00. The van der Waals surface area contributed by atoms with Crippen LogP contribution in [0.4, 0.5) is 0 Å². The minimum Gasteiger partial charge on any atom is -0.311 e. The maximum Gasteiger partial charge on any atom is 0.00729 e. The quantitative estimate of drug-likeness (QED) is 0.675. The summed E-state index contributed by atoms with van der Waals surface area (Å²) in [6, 6.07) is 1.81. The number of hydrogen-bond acceptors (Lipinski definition) is 1. The van der Waals surface area contributed by atoms with E-state index in [9.17, 15) is 0 Å². The van der Waals surface area contributed by atoms with Gasteiger partial charge in [-0.1, -0.05) is 32.1 Å². The Labute approximate surface area is 87.7 Å². The van der Waals surface area contributed by atoms with Gasteiger partial charge in [0.05, 0.1) is 0 Å². The molecule has 3 rings (SSSR count). The first-order valence-corrected chi connectivity index (χ1v) is 6.68. The van der Waals surface area contributed by atoms with Crippen molar-refractivity contribution in [2.45, 2.75) is 69.9 Å². The van der Waals surface area contributed by atoms with Crippen LogP contribution < -0.4 is 5.32 Å². The van der Waals surface area contributed by atoms with Crippen molar-refractivity contribution < 1.29 is 0 Å². The molecule has 2 unspecified atom stereocenters. The molecule has 2 aliphatic heterocycles. The number of hydrogen-bond donors (Lipinski definition) is 1. The second-order valence-corrected chi connectivity index (χ2v) is 5.77. The second kappa shape index (κ2) is 3.84. The predicted octanol–water partition coefficient (Wildman–Crippen LogP) is 3.10. The van der Waals surface area contributed by atoms with Crippen molar-refractivity contribution in [1.82, 2.24) is 5.32 Å². The molecule has 1 N–H and O–H groups in total. The molecule has 0 aromatic heterocycles. The van der Waals surface area contributed by atoms with E-state index < -0.39 is 0 Å². The molecule has 2 bridgehead atoms. The molecule has 0 spiro atoms. The summed E-state index contributed by atoms with van der Waals surface area (Å²) in [6.45, 7) is 0. The summed E-state index contributed by atoms with van der Waals surface area (Å²) in [5, 5.41) is 3.76. The Kier molecular flexibility index (Phi) is 2.53. The van der Waals surface area contributed by atoms with Crippen LogP contribution in [-0.2, 0) is 0 Å². The lowest BCUT2D eigenvalue weighted by Gasteiger charge is -2.36. The van der Waals surface area contributed by atoms with Crippen molar-refractivity contribution in [1.29, 1.82) is 0 Å². The fourth-order valence-electron chi connectivity index (χ4n) is 4.09. The summed E-state index contributed by atoms with van der Waals surface area (Å²) in [5.74, 6) is 2.20. The summed E-state index contributed by atoms with van der Waals surface area (Å²) in [7, 11) is 0. The van der Waals surface area contributed by atoms with Crippen LogP contribution in [0.3, 0.4) is 0 Å². The van der Waals surface area contributed by atoms with Gasteiger partial charge in [0.15, 0.2) is 0 Å². The third-order valence-electron chi connectivity index (χ3n) is 4.83. The number of fused-ring (bicyclic) bond motifs is 2. The second-order valence-electron chi connectivity index (χ2n) is 5.77. The van der Waals surface area contributed by atoms with E-state index >= 15 is 0 Å². The molecule has 14 heavy (non-hydrogen) atoms. The van der Waals surface area contributed by atoms with Crippen LogP contribution in [0.2, 0.25) is 0 Å². The van der Waals surface area contributed by atoms with Crippen LogP contribution in [0, 0.1) is 11.8 Å². The van der Waals surface area contributed by atoms with Gasteiger partial charge in [0.25, 0.3) is 0 Å². The van der Waals surface area contributed by atoms with Crippen molar-refractivity contribution in [3.05, 3.63) is 0 Å². The molecular weight excluding hydrogens is 170 g/mol. The Morgan fingerprint density at radius 3 is 1.93 bits per heavy atom. The average Bonchev–Trinajstić information content (AvgIpc) is 2.59. The van der Waals surface area contributed by atoms with Gasteiger partial charge in [-0.25, -0.2) is 0 Å². The molecule has 0 aromatic rings. The van der Waals surface area contributed by atoms with Crippen LogP contribution in [0.5, 0.6) is 0 Å². The lowest BCUT2D eigenvalue weighted by Crippen LogP contribution is -2.40. The van der Waals surface area contributed by atoms with Gasteiger partial charge < -0.3 is 5.32 Å². The van der Waals surface area contributed by atoms with E-state index in [0.29, 0.717) is 0 Å². The van der Waals surface area contributed by atoms with Crippen molar-refractivity contribution in [2.75, 3.05) is 0 Å². The Morgan fingerprint density at radius 2 is 1.29 bits per heavy atom. The minimum absolute atomic E-state index is 0.903. The van der Waals surface area contributed by atoms with Crippen molar-refractivity contribution in [3.63, 3.8) is 0 Å². The SMILES string of the molecule is C1CCC(C2CC3CCC(C2)N3)CC1. The predicted molar refractivity (Wildman–Crippen MR) is 59.2 cm³/mol. The van der Waals surface area contributed by atoms with Crippen LogP contribution in [0.15, 0.2) is 0 Å². The van der Waals surface area contributed by atoms with Crippen molar-refractivity contribution in [2.24, 2.45) is 11.8 Å². The van der Waals surface area contributed by atoms with Gasteiger partial charge in [0.1, 0.15) is 0 Å². The van der Waals surface area contributed by atoms with Gasteiger partial charge in [-0.2, -0.15) is 0 Å². The maximum atomic E-state index is 3.76. The Bertz CT molecular complexity index is 183. The number of piperidine rings is 1. The number of rotatable bonds is 1. The first-order chi connectivity index (χ1) is 6.92. The van der Waals surface area contributed by atoms with E-state index in [-0.39, 0.29) is 0 Å². The molecule has 2 atom stereocenters. The fourth-order valence-corrected chi connectivity index (χ4v) is 4.09. The molecule has 3 aliphatic rings. The Morgan fingerprint density at radius 1 is 0.643 bits per heavy atom. The summed E-state index contributed by atoms with van der Waals surface area (Å²) >= 11 is 0. The lowest BCUT2D eigenvalue weighted by molar-refractivity contribution is 0.175. The molecular formula is C13H23N. The van der Waals surface area contributed by atoms with Crippen LogP contribution >= 0.6 is 0 Å². The van der Waals surface area contributed by atoms with Gasteiger partial charge in [-0.05, 0) is 37.5 Å². The van der Waals surface area contributed by atoms with Gasteiger partial charge in [0, 0.05) is 12.1 Å². The Hall–Kier alpha value is -0.0400. The molecule has 1 saturated carbocycles. The molecule has 0 aromatic carbocycles. The molecule has 1 aliphatic carbocycles. The van der Waals surface area contributed by atoms with Crippen LogP contribution in [0.1, 0.15) is 57.8 Å². The molecule has 0 amide bonds. The molecule has 2 saturated heterocycles. The normalized spacial score (nSPS) is 44.1. The van der Waals surface area contributed by atoms with Gasteiger partial charge in [0.2, 0.25) is 0 Å². The maximum absolute atomic E-state index is 3.76. The molecule has 1 nitrogen and oxygen atoms in total. The molecule has 80 valence electrons. The van der Waals surface area contributed by atoms with Crippen LogP contribution in [-0.4, -0.2) is 12.1 Å². The van der Waals surface area contributed by atoms with E-state index in [1.54, 1.807) is 12.8 Å². The summed E-state index contributed by atoms with van der Waals surface area (Å²) in [6.07, 6.45) is 13.6. The largest absolute Gasteiger partial charge is 0.311 e. The van der Waals surface area contributed by atoms with E-state index in [4.69, 9.17) is 0 Å². The van der Waals surface area contributed by atoms with Gasteiger partial charge in [-0.15, -0.1) is 0 Å². The standard InChI is InChI=1S/C13H23N/c1-2-4-10(5-3-1)11-8-12-6-7-13(9-11)14-12/h10-14H,1-9H2. The lowest BCUT2D eigenvalue weighted by atomic mass is 9.74. The van der Waals surface area contributed by atoms with Crippen molar-refractivity contribution in [3.8, 4) is 0 Å². The highest BCUT2D eigenvalue weighted by atomic mass is 15.0. The summed E-state index contributed by atoms with van der Waals surface area (Å²) < 4.78 is 0. The van der Waals surface area contributed by atoms with Crippen molar-refractivity contribution >= 4 is 0 Å². The van der Waals surface area contributed by atoms with E-state index in [1.807, 2.05) is 0 Å². The third kappa shape index (κ3) is 1.71. The van der Waals surface area contributed by atoms with Gasteiger partial charge in [-0.3, -0.25) is 0 Å². The summed E-state index contributed by atoms with van der Waals surface area (Å²) in [5.41, 5.74) is 0. The van der Waals surface area contributed by atoms with Crippen LogP contribution in [0.25, 0.3) is 0 Å². The molecule has 0 radical (unpaired) electrons. The van der Waals surface area contributed by atoms with E-state index in [0.717, 1.165) is 23.9 Å². The monoisotopic (exact) mass is 193 g/mol. The minimum atomic E-state index is 0.903. The van der Waals surface area contributed by atoms with E-state index in [1.165, 1.54) is 44.9 Å². The highest BCUT2D eigenvalue weighted by Gasteiger charge is 2.36. The highest BCUT2D eigenvalue weighted by Crippen LogP contribution is 2.40. The molecule has 3 fully saturated rings. The molecule has 2 heterocycles. The average molecular weight is 193 g/mol. The van der Waals surface area contributed by atoms with E-state index in [2.05, 4.69) is 5.32 Å². The zero-order valence-corrected chi connectivity index (χ0v) is 9.17.